The van der Waals surface area contributed by atoms with Gasteiger partial charge in [0, 0.05) is 18.2 Å². The maximum atomic E-state index is 12.9. The standard InChI is InChI=1S/C15H15FN2O/c16-13-6-4-12(5-7-13)14-8-9-15(19)18(17-14)10-11-2-1-3-11/h4-9,11H,1-3,10H2. The third kappa shape index (κ3) is 2.57. The molecule has 0 radical (unpaired) electrons. The highest BCUT2D eigenvalue weighted by Gasteiger charge is 2.18. The number of nitrogens with zero attached hydrogens (tertiary/aromatic N) is 2. The molecule has 0 atom stereocenters. The zero-order valence-corrected chi connectivity index (χ0v) is 10.6. The molecule has 0 aliphatic heterocycles. The molecule has 1 saturated carbocycles. The van der Waals surface area contributed by atoms with E-state index in [0.717, 1.165) is 5.56 Å². The lowest BCUT2D eigenvalue weighted by molar-refractivity contribution is 0.262. The van der Waals surface area contributed by atoms with Crippen molar-refractivity contribution >= 4 is 0 Å². The molecule has 0 unspecified atom stereocenters. The van der Waals surface area contributed by atoms with Crippen molar-refractivity contribution in [2.24, 2.45) is 5.92 Å². The van der Waals surface area contributed by atoms with Crippen LogP contribution in [0.2, 0.25) is 0 Å². The minimum absolute atomic E-state index is 0.0715. The van der Waals surface area contributed by atoms with Gasteiger partial charge in [-0.1, -0.05) is 6.42 Å². The van der Waals surface area contributed by atoms with Gasteiger partial charge in [-0.25, -0.2) is 9.07 Å². The summed E-state index contributed by atoms with van der Waals surface area (Å²) in [6, 6.07) is 9.37. The van der Waals surface area contributed by atoms with Crippen LogP contribution in [0.4, 0.5) is 4.39 Å². The van der Waals surface area contributed by atoms with E-state index >= 15 is 0 Å². The molecule has 3 nitrogen and oxygen atoms in total. The molecule has 1 heterocycles. The van der Waals surface area contributed by atoms with Crippen LogP contribution in [0.5, 0.6) is 0 Å². The summed E-state index contributed by atoms with van der Waals surface area (Å²) in [5.74, 6) is 0.306. The Bertz CT molecular complexity index is 629. The Morgan fingerprint density at radius 1 is 1.16 bits per heavy atom. The van der Waals surface area contributed by atoms with E-state index in [0.29, 0.717) is 18.2 Å². The largest absolute Gasteiger partial charge is 0.268 e. The second-order valence-corrected chi connectivity index (χ2v) is 5.04. The van der Waals surface area contributed by atoms with Crippen LogP contribution in [0.15, 0.2) is 41.2 Å². The first-order chi connectivity index (χ1) is 9.22. The van der Waals surface area contributed by atoms with Gasteiger partial charge < -0.3 is 0 Å². The Morgan fingerprint density at radius 3 is 2.53 bits per heavy atom. The fourth-order valence-electron chi connectivity index (χ4n) is 2.27. The fraction of sp³-hybridized carbons (Fsp3) is 0.333. The van der Waals surface area contributed by atoms with Crippen molar-refractivity contribution in [1.82, 2.24) is 9.78 Å². The van der Waals surface area contributed by atoms with Crippen LogP contribution >= 0.6 is 0 Å². The van der Waals surface area contributed by atoms with Gasteiger partial charge in [-0.05, 0) is 49.1 Å². The third-order valence-electron chi connectivity index (χ3n) is 3.66. The predicted molar refractivity (Wildman–Crippen MR) is 71.2 cm³/mol. The predicted octanol–water partition coefficient (Wildman–Crippen LogP) is 2.85. The highest BCUT2D eigenvalue weighted by molar-refractivity contribution is 5.57. The van der Waals surface area contributed by atoms with E-state index in [2.05, 4.69) is 5.10 Å². The van der Waals surface area contributed by atoms with E-state index in [1.165, 1.54) is 42.1 Å². The second kappa shape index (κ2) is 4.96. The molecule has 1 aliphatic carbocycles. The van der Waals surface area contributed by atoms with Gasteiger partial charge in [-0.15, -0.1) is 0 Å². The molecule has 3 rings (SSSR count). The quantitative estimate of drug-likeness (QED) is 0.848. The van der Waals surface area contributed by atoms with E-state index in [1.807, 2.05) is 0 Å². The van der Waals surface area contributed by atoms with Crippen molar-refractivity contribution in [3.63, 3.8) is 0 Å². The molecule has 1 aliphatic rings. The summed E-state index contributed by atoms with van der Waals surface area (Å²) in [5, 5.41) is 4.38. The zero-order chi connectivity index (χ0) is 13.2. The molecule has 98 valence electrons. The van der Waals surface area contributed by atoms with Gasteiger partial charge in [0.05, 0.1) is 5.69 Å². The Kier molecular flexibility index (Phi) is 3.15. The molecule has 1 fully saturated rings. The first-order valence-corrected chi connectivity index (χ1v) is 6.56. The molecule has 0 bridgehead atoms. The highest BCUT2D eigenvalue weighted by Crippen LogP contribution is 2.27. The summed E-state index contributed by atoms with van der Waals surface area (Å²) < 4.78 is 14.4. The summed E-state index contributed by atoms with van der Waals surface area (Å²) in [5.41, 5.74) is 1.46. The molecule has 1 aromatic carbocycles. The SMILES string of the molecule is O=c1ccc(-c2ccc(F)cc2)nn1CC1CCC1. The first kappa shape index (κ1) is 12.1. The summed E-state index contributed by atoms with van der Waals surface area (Å²) in [7, 11) is 0. The number of halogens is 1. The van der Waals surface area contributed by atoms with Crippen molar-refractivity contribution in [2.75, 3.05) is 0 Å². The van der Waals surface area contributed by atoms with Crippen molar-refractivity contribution in [1.29, 1.82) is 0 Å². The van der Waals surface area contributed by atoms with Crippen LogP contribution in [-0.2, 0) is 6.54 Å². The maximum absolute atomic E-state index is 12.9. The van der Waals surface area contributed by atoms with Crippen molar-refractivity contribution < 1.29 is 4.39 Å². The van der Waals surface area contributed by atoms with Gasteiger partial charge >= 0.3 is 0 Å². The molecular weight excluding hydrogens is 243 g/mol. The second-order valence-electron chi connectivity index (χ2n) is 5.04. The molecule has 19 heavy (non-hydrogen) atoms. The van der Waals surface area contributed by atoms with Crippen LogP contribution < -0.4 is 5.56 Å². The average molecular weight is 258 g/mol. The van der Waals surface area contributed by atoms with Gasteiger partial charge in [0.25, 0.3) is 5.56 Å². The number of benzene rings is 1. The Balaban J connectivity index is 1.91. The number of hydrogen-bond donors (Lipinski definition) is 0. The van der Waals surface area contributed by atoms with Crippen LogP contribution in [0.3, 0.4) is 0 Å². The summed E-state index contributed by atoms with van der Waals surface area (Å²) in [4.78, 5) is 11.8. The van der Waals surface area contributed by atoms with E-state index in [4.69, 9.17) is 0 Å². The smallest absolute Gasteiger partial charge is 0.266 e. The lowest BCUT2D eigenvalue weighted by atomic mass is 9.85. The van der Waals surface area contributed by atoms with Crippen LogP contribution in [0.1, 0.15) is 19.3 Å². The molecule has 1 aromatic heterocycles. The Morgan fingerprint density at radius 2 is 1.89 bits per heavy atom. The van der Waals surface area contributed by atoms with Gasteiger partial charge in [0.15, 0.2) is 0 Å². The molecule has 4 heteroatoms. The summed E-state index contributed by atoms with van der Waals surface area (Å²) in [6.07, 6.45) is 3.60. The van der Waals surface area contributed by atoms with E-state index in [1.54, 1.807) is 18.2 Å². The minimum Gasteiger partial charge on any atom is -0.268 e. The molecule has 0 N–H and O–H groups in total. The lowest BCUT2D eigenvalue weighted by Crippen LogP contribution is -2.28. The molecule has 0 spiro atoms. The topological polar surface area (TPSA) is 34.9 Å². The van der Waals surface area contributed by atoms with Crippen LogP contribution in [0, 0.1) is 11.7 Å². The summed E-state index contributed by atoms with van der Waals surface area (Å²) >= 11 is 0. The maximum Gasteiger partial charge on any atom is 0.266 e. The van der Waals surface area contributed by atoms with Gasteiger partial charge in [-0.3, -0.25) is 4.79 Å². The van der Waals surface area contributed by atoms with Crippen molar-refractivity contribution in [3.8, 4) is 11.3 Å². The van der Waals surface area contributed by atoms with Crippen LogP contribution in [0.25, 0.3) is 11.3 Å². The van der Waals surface area contributed by atoms with Gasteiger partial charge in [0.1, 0.15) is 5.82 Å². The molecule has 0 amide bonds. The van der Waals surface area contributed by atoms with E-state index < -0.39 is 0 Å². The fourth-order valence-corrected chi connectivity index (χ4v) is 2.27. The molecule has 0 saturated heterocycles. The normalized spacial score (nSPS) is 15.2. The monoisotopic (exact) mass is 258 g/mol. The van der Waals surface area contributed by atoms with Gasteiger partial charge in [0.2, 0.25) is 0 Å². The van der Waals surface area contributed by atoms with Crippen molar-refractivity contribution in [2.45, 2.75) is 25.8 Å². The minimum atomic E-state index is -0.272. The first-order valence-electron chi connectivity index (χ1n) is 6.56. The third-order valence-corrected chi connectivity index (χ3v) is 3.66. The summed E-state index contributed by atoms with van der Waals surface area (Å²) in [6.45, 7) is 0.688. The average Bonchev–Trinajstić information content (AvgIpc) is 2.37. The van der Waals surface area contributed by atoms with Crippen LogP contribution in [-0.4, -0.2) is 9.78 Å². The lowest BCUT2D eigenvalue weighted by Gasteiger charge is -2.25. The molecule has 2 aromatic rings. The highest BCUT2D eigenvalue weighted by atomic mass is 19.1. The molecular formula is C15H15FN2O. The van der Waals surface area contributed by atoms with Gasteiger partial charge in [-0.2, -0.15) is 5.10 Å². The Labute approximate surface area is 110 Å². The number of aromatic nitrogens is 2. The number of hydrogen-bond acceptors (Lipinski definition) is 2. The Hall–Kier alpha value is -1.97. The zero-order valence-electron chi connectivity index (χ0n) is 10.6. The van der Waals surface area contributed by atoms with E-state index in [-0.39, 0.29) is 11.4 Å². The number of rotatable bonds is 3. The van der Waals surface area contributed by atoms with E-state index in [9.17, 15) is 9.18 Å². The van der Waals surface area contributed by atoms with Crippen molar-refractivity contribution in [3.05, 3.63) is 52.6 Å².